The van der Waals surface area contributed by atoms with Crippen LogP contribution in [-0.4, -0.2) is 19.8 Å². The van der Waals surface area contributed by atoms with E-state index in [-0.39, 0.29) is 6.04 Å². The fourth-order valence-corrected chi connectivity index (χ4v) is 4.59. The smallest absolute Gasteiger partial charge is 0.207 e. The third kappa shape index (κ3) is 3.19. The largest absolute Gasteiger partial charge is 0.243 e. The highest BCUT2D eigenvalue weighted by molar-refractivity contribution is 7.89. The molecule has 2 aromatic carbocycles. The highest BCUT2D eigenvalue weighted by atomic mass is 32.2. The zero-order valence-corrected chi connectivity index (χ0v) is 14.5. The van der Waals surface area contributed by atoms with Gasteiger partial charge in [-0.1, -0.05) is 36.4 Å². The molecule has 2 aromatic rings. The third-order valence-corrected chi connectivity index (χ3v) is 6.75. The summed E-state index contributed by atoms with van der Waals surface area (Å²) in [6.07, 6.45) is 4.39. The number of benzene rings is 2. The molecule has 23 heavy (non-hydrogen) atoms. The summed E-state index contributed by atoms with van der Waals surface area (Å²) in [7, 11) is -1.83. The highest BCUT2D eigenvalue weighted by Gasteiger charge is 2.27. The molecule has 0 bridgehead atoms. The van der Waals surface area contributed by atoms with Gasteiger partial charge in [-0.15, -0.1) is 0 Å². The van der Waals surface area contributed by atoms with Gasteiger partial charge in [0.2, 0.25) is 10.0 Å². The number of hydrogen-bond acceptors (Lipinski definition) is 2. The molecule has 1 aliphatic carbocycles. The van der Waals surface area contributed by atoms with Crippen molar-refractivity contribution in [3.8, 4) is 0 Å². The van der Waals surface area contributed by atoms with Crippen LogP contribution < -0.4 is 0 Å². The molecular formula is C19H23NO2S. The second-order valence-electron chi connectivity index (χ2n) is 6.25. The van der Waals surface area contributed by atoms with E-state index in [1.165, 1.54) is 21.9 Å². The van der Waals surface area contributed by atoms with E-state index in [2.05, 4.69) is 0 Å². The van der Waals surface area contributed by atoms with Crippen molar-refractivity contribution in [2.75, 3.05) is 7.05 Å². The Hall–Kier alpha value is -1.65. The van der Waals surface area contributed by atoms with Gasteiger partial charge in [0.1, 0.15) is 0 Å². The first-order valence-electron chi connectivity index (χ1n) is 8.15. The monoisotopic (exact) mass is 329 g/mol. The van der Waals surface area contributed by atoms with Gasteiger partial charge in [0, 0.05) is 13.1 Å². The Morgan fingerprint density at radius 3 is 2.30 bits per heavy atom. The fraction of sp³-hybridized carbons (Fsp3) is 0.368. The number of sulfonamides is 1. The fourth-order valence-electron chi connectivity index (χ4n) is 3.19. The lowest BCUT2D eigenvalue weighted by Crippen LogP contribution is -2.30. The summed E-state index contributed by atoms with van der Waals surface area (Å²) < 4.78 is 27.4. The molecule has 0 fully saturated rings. The molecule has 1 aliphatic rings. The van der Waals surface area contributed by atoms with Crippen LogP contribution in [0.4, 0.5) is 0 Å². The molecule has 1 atom stereocenters. The third-order valence-electron chi connectivity index (χ3n) is 4.82. The van der Waals surface area contributed by atoms with Gasteiger partial charge in [0.25, 0.3) is 0 Å². The van der Waals surface area contributed by atoms with Crippen LogP contribution in [0.25, 0.3) is 0 Å². The first kappa shape index (κ1) is 16.2. The summed E-state index contributed by atoms with van der Waals surface area (Å²) in [4.78, 5) is 0.406. The van der Waals surface area contributed by atoms with Crippen molar-refractivity contribution >= 4 is 10.0 Å². The molecule has 122 valence electrons. The molecule has 0 N–H and O–H groups in total. The Bertz CT molecular complexity index is 784. The maximum atomic E-state index is 13.0. The van der Waals surface area contributed by atoms with Crippen LogP contribution in [0.5, 0.6) is 0 Å². The van der Waals surface area contributed by atoms with Crippen LogP contribution in [0.3, 0.4) is 0 Å². The second-order valence-corrected chi connectivity index (χ2v) is 8.24. The number of aryl methyl sites for hydroxylation is 2. The Kier molecular flexibility index (Phi) is 4.55. The summed E-state index contributed by atoms with van der Waals surface area (Å²) in [5.74, 6) is 0. The average Bonchev–Trinajstić information content (AvgIpc) is 2.60. The molecule has 1 unspecified atom stereocenters. The minimum atomic E-state index is -3.49. The number of fused-ring (bicyclic) bond motifs is 1. The number of nitrogens with zero attached hydrogens (tertiary/aromatic N) is 1. The molecule has 0 radical (unpaired) electrons. The summed E-state index contributed by atoms with van der Waals surface area (Å²) in [6.45, 7) is 1.92. The van der Waals surface area contributed by atoms with E-state index in [1.54, 1.807) is 13.1 Å². The van der Waals surface area contributed by atoms with Crippen molar-refractivity contribution in [2.45, 2.75) is 43.5 Å². The maximum absolute atomic E-state index is 13.0. The predicted octanol–water partition coefficient (Wildman–Crippen LogP) is 3.95. The van der Waals surface area contributed by atoms with Crippen molar-refractivity contribution in [1.82, 2.24) is 4.31 Å². The standard InChI is InChI=1S/C19H23NO2S/c1-15(16-8-4-3-5-9-16)20(2)23(21,22)19-13-12-17-10-6-7-11-18(17)14-19/h3-5,8-9,12-15H,6-7,10-11H2,1-2H3. The predicted molar refractivity (Wildman–Crippen MR) is 92.9 cm³/mol. The summed E-state index contributed by atoms with van der Waals surface area (Å²) in [5, 5.41) is 0. The summed E-state index contributed by atoms with van der Waals surface area (Å²) in [5.41, 5.74) is 3.49. The van der Waals surface area contributed by atoms with Gasteiger partial charge >= 0.3 is 0 Å². The SMILES string of the molecule is CC(c1ccccc1)N(C)S(=O)(=O)c1ccc2c(c1)CCCC2. The van der Waals surface area contributed by atoms with E-state index < -0.39 is 10.0 Å². The molecule has 0 heterocycles. The minimum Gasteiger partial charge on any atom is -0.207 e. The van der Waals surface area contributed by atoms with E-state index in [4.69, 9.17) is 0 Å². The molecule has 0 aliphatic heterocycles. The summed E-state index contributed by atoms with van der Waals surface area (Å²) >= 11 is 0. The van der Waals surface area contributed by atoms with Gasteiger partial charge in [0.05, 0.1) is 4.90 Å². The van der Waals surface area contributed by atoms with E-state index in [0.717, 1.165) is 24.8 Å². The zero-order valence-electron chi connectivity index (χ0n) is 13.7. The summed E-state index contributed by atoms with van der Waals surface area (Å²) in [6, 6.07) is 15.2. The van der Waals surface area contributed by atoms with Gasteiger partial charge in [0.15, 0.2) is 0 Å². The molecule has 0 amide bonds. The second kappa shape index (κ2) is 6.46. The van der Waals surface area contributed by atoms with Crippen molar-refractivity contribution in [2.24, 2.45) is 0 Å². The van der Waals surface area contributed by atoms with E-state index in [9.17, 15) is 8.42 Å². The van der Waals surface area contributed by atoms with Crippen molar-refractivity contribution in [3.63, 3.8) is 0 Å². The lowest BCUT2D eigenvalue weighted by Gasteiger charge is -2.25. The van der Waals surface area contributed by atoms with Gasteiger partial charge < -0.3 is 0 Å². The highest BCUT2D eigenvalue weighted by Crippen LogP contribution is 2.29. The van der Waals surface area contributed by atoms with Crippen molar-refractivity contribution in [1.29, 1.82) is 0 Å². The zero-order chi connectivity index (χ0) is 16.4. The Morgan fingerprint density at radius 1 is 0.957 bits per heavy atom. The quantitative estimate of drug-likeness (QED) is 0.852. The van der Waals surface area contributed by atoms with Crippen LogP contribution in [0.15, 0.2) is 53.4 Å². The van der Waals surface area contributed by atoms with Crippen molar-refractivity contribution < 1.29 is 8.42 Å². The van der Waals surface area contributed by atoms with E-state index >= 15 is 0 Å². The van der Waals surface area contributed by atoms with Gasteiger partial charge in [-0.05, 0) is 61.4 Å². The lowest BCUT2D eigenvalue weighted by atomic mass is 9.92. The van der Waals surface area contributed by atoms with Crippen molar-refractivity contribution in [3.05, 3.63) is 65.2 Å². The number of rotatable bonds is 4. The molecule has 4 heteroatoms. The van der Waals surface area contributed by atoms with Crippen LogP contribution in [0.1, 0.15) is 42.5 Å². The molecule has 0 spiro atoms. The van der Waals surface area contributed by atoms with Crippen LogP contribution in [0.2, 0.25) is 0 Å². The normalized spacial score (nSPS) is 16.1. The lowest BCUT2D eigenvalue weighted by molar-refractivity contribution is 0.398. The van der Waals surface area contributed by atoms with E-state index in [1.807, 2.05) is 49.4 Å². The molecule has 3 nitrogen and oxygen atoms in total. The van der Waals surface area contributed by atoms with Crippen LogP contribution in [0, 0.1) is 0 Å². The van der Waals surface area contributed by atoms with Crippen LogP contribution >= 0.6 is 0 Å². The molecular weight excluding hydrogens is 306 g/mol. The first-order valence-corrected chi connectivity index (χ1v) is 9.59. The maximum Gasteiger partial charge on any atom is 0.243 e. The first-order chi connectivity index (χ1) is 11.0. The Labute approximate surface area is 139 Å². The topological polar surface area (TPSA) is 37.4 Å². The molecule has 0 saturated heterocycles. The van der Waals surface area contributed by atoms with E-state index in [0.29, 0.717) is 4.90 Å². The average molecular weight is 329 g/mol. The molecule has 3 rings (SSSR count). The van der Waals surface area contributed by atoms with Gasteiger partial charge in [-0.2, -0.15) is 4.31 Å². The number of hydrogen-bond donors (Lipinski definition) is 0. The Morgan fingerprint density at radius 2 is 1.61 bits per heavy atom. The van der Waals surface area contributed by atoms with Crippen LogP contribution in [-0.2, 0) is 22.9 Å². The molecule has 0 saturated carbocycles. The molecule has 0 aromatic heterocycles. The minimum absolute atomic E-state index is 0.197. The Balaban J connectivity index is 1.91. The van der Waals surface area contributed by atoms with Gasteiger partial charge in [-0.25, -0.2) is 8.42 Å². The van der Waals surface area contributed by atoms with Gasteiger partial charge in [-0.3, -0.25) is 0 Å².